The summed E-state index contributed by atoms with van der Waals surface area (Å²) < 4.78 is 10.8. The molecule has 2 heterocycles. The number of amides is 2. The van der Waals surface area contributed by atoms with Crippen molar-refractivity contribution in [1.29, 1.82) is 0 Å². The van der Waals surface area contributed by atoms with Gasteiger partial charge in [-0.3, -0.25) is 0 Å². The normalized spacial score (nSPS) is 16.8. The summed E-state index contributed by atoms with van der Waals surface area (Å²) in [7, 11) is 1.65. The fourth-order valence-electron chi connectivity index (χ4n) is 2.84. The molecule has 2 amide bonds. The highest BCUT2D eigenvalue weighted by molar-refractivity contribution is 5.75. The maximum absolute atomic E-state index is 12.3. The van der Waals surface area contributed by atoms with Crippen LogP contribution in [-0.4, -0.2) is 31.1 Å². The zero-order valence-electron chi connectivity index (χ0n) is 13.5. The van der Waals surface area contributed by atoms with E-state index in [1.165, 1.54) is 0 Å². The summed E-state index contributed by atoms with van der Waals surface area (Å²) in [5.74, 6) is 2.62. The van der Waals surface area contributed by atoms with Crippen LogP contribution < -0.4 is 10.1 Å². The maximum atomic E-state index is 12.3. The van der Waals surface area contributed by atoms with E-state index in [0.717, 1.165) is 35.8 Å². The number of nitrogens with one attached hydrogen (secondary N) is 1. The van der Waals surface area contributed by atoms with Gasteiger partial charge in [0, 0.05) is 19.5 Å². The topological polar surface area (TPSA) is 54.7 Å². The molecule has 23 heavy (non-hydrogen) atoms. The van der Waals surface area contributed by atoms with Gasteiger partial charge in [0.05, 0.1) is 13.2 Å². The SMILES string of the molecule is COc1cccc(C2CCN2C(=O)NCCc2ccc(C)o2)c1. The number of ether oxygens (including phenoxy) is 1. The van der Waals surface area contributed by atoms with Crippen molar-refractivity contribution in [1.82, 2.24) is 10.2 Å². The molecular weight excluding hydrogens is 292 g/mol. The third-order valence-corrected chi connectivity index (χ3v) is 4.20. The molecule has 0 aliphatic carbocycles. The van der Waals surface area contributed by atoms with Crippen LogP contribution in [0.5, 0.6) is 5.75 Å². The van der Waals surface area contributed by atoms with E-state index in [-0.39, 0.29) is 12.1 Å². The first kappa shape index (κ1) is 15.5. The van der Waals surface area contributed by atoms with E-state index >= 15 is 0 Å². The molecular formula is C18H22N2O3. The van der Waals surface area contributed by atoms with Gasteiger partial charge in [-0.25, -0.2) is 4.79 Å². The number of aryl methyl sites for hydroxylation is 1. The third kappa shape index (κ3) is 3.50. The molecule has 1 aliphatic heterocycles. The number of furan rings is 1. The molecule has 0 spiro atoms. The van der Waals surface area contributed by atoms with Crippen molar-refractivity contribution in [2.24, 2.45) is 0 Å². The molecule has 1 aromatic carbocycles. The van der Waals surface area contributed by atoms with Crippen LogP contribution in [0, 0.1) is 6.92 Å². The van der Waals surface area contributed by atoms with Gasteiger partial charge in [0.15, 0.2) is 0 Å². The number of hydrogen-bond donors (Lipinski definition) is 1. The molecule has 0 bridgehead atoms. The second-order valence-corrected chi connectivity index (χ2v) is 5.77. The molecule has 1 atom stereocenters. The number of nitrogens with zero attached hydrogens (tertiary/aromatic N) is 1. The summed E-state index contributed by atoms with van der Waals surface area (Å²) in [5, 5.41) is 2.97. The molecule has 0 saturated carbocycles. The standard InChI is InChI=1S/C18H22N2O3/c1-13-6-7-15(23-13)8-10-19-18(21)20-11-9-17(20)14-4-3-5-16(12-14)22-2/h3-7,12,17H,8-11H2,1-2H3,(H,19,21). The highest BCUT2D eigenvalue weighted by Crippen LogP contribution is 2.34. The van der Waals surface area contributed by atoms with Gasteiger partial charge in [-0.2, -0.15) is 0 Å². The van der Waals surface area contributed by atoms with E-state index in [4.69, 9.17) is 9.15 Å². The second-order valence-electron chi connectivity index (χ2n) is 5.77. The Bertz CT molecular complexity index is 680. The van der Waals surface area contributed by atoms with Gasteiger partial charge in [0.25, 0.3) is 0 Å². The number of methoxy groups -OCH3 is 1. The van der Waals surface area contributed by atoms with Crippen LogP contribution in [-0.2, 0) is 6.42 Å². The number of likely N-dealkylation sites (tertiary alicyclic amines) is 1. The minimum atomic E-state index is -0.0210. The quantitative estimate of drug-likeness (QED) is 0.921. The van der Waals surface area contributed by atoms with Crippen molar-refractivity contribution in [3.05, 3.63) is 53.5 Å². The summed E-state index contributed by atoms with van der Waals surface area (Å²) in [6.45, 7) is 3.28. The zero-order valence-corrected chi connectivity index (χ0v) is 13.5. The molecule has 122 valence electrons. The molecule has 0 radical (unpaired) electrons. The fraction of sp³-hybridized carbons (Fsp3) is 0.389. The summed E-state index contributed by atoms with van der Waals surface area (Å²) in [4.78, 5) is 14.2. The first-order valence-corrected chi connectivity index (χ1v) is 7.91. The Morgan fingerprint density at radius 2 is 2.26 bits per heavy atom. The Labute approximate surface area is 136 Å². The van der Waals surface area contributed by atoms with Gasteiger partial charge in [-0.1, -0.05) is 12.1 Å². The first-order valence-electron chi connectivity index (χ1n) is 7.91. The molecule has 1 N–H and O–H groups in total. The Morgan fingerprint density at radius 1 is 1.39 bits per heavy atom. The number of benzene rings is 1. The smallest absolute Gasteiger partial charge is 0.317 e. The average molecular weight is 314 g/mol. The van der Waals surface area contributed by atoms with Crippen molar-refractivity contribution >= 4 is 6.03 Å². The van der Waals surface area contributed by atoms with E-state index in [9.17, 15) is 4.79 Å². The Balaban J connectivity index is 1.53. The van der Waals surface area contributed by atoms with Crippen LogP contribution in [0.2, 0.25) is 0 Å². The Morgan fingerprint density at radius 3 is 2.91 bits per heavy atom. The lowest BCUT2D eigenvalue weighted by molar-refractivity contribution is 0.115. The summed E-state index contributed by atoms with van der Waals surface area (Å²) in [6, 6.07) is 11.9. The van der Waals surface area contributed by atoms with Crippen molar-refractivity contribution in [3.63, 3.8) is 0 Å². The molecule has 1 aliphatic rings. The fourth-order valence-corrected chi connectivity index (χ4v) is 2.84. The number of urea groups is 1. The molecule has 2 aromatic rings. The van der Waals surface area contributed by atoms with Crippen LogP contribution in [0.1, 0.15) is 29.5 Å². The van der Waals surface area contributed by atoms with Crippen molar-refractivity contribution in [2.45, 2.75) is 25.8 Å². The first-order chi connectivity index (χ1) is 11.2. The number of carbonyl (C=O) groups excluding carboxylic acids is 1. The molecule has 1 aromatic heterocycles. The van der Waals surface area contributed by atoms with E-state index in [2.05, 4.69) is 5.32 Å². The van der Waals surface area contributed by atoms with Gasteiger partial charge in [0.2, 0.25) is 0 Å². The lowest BCUT2D eigenvalue weighted by atomic mass is 9.95. The molecule has 3 rings (SSSR count). The maximum Gasteiger partial charge on any atom is 0.317 e. The van der Waals surface area contributed by atoms with Crippen molar-refractivity contribution in [3.8, 4) is 5.75 Å². The van der Waals surface area contributed by atoms with Crippen LogP contribution >= 0.6 is 0 Å². The monoisotopic (exact) mass is 314 g/mol. The molecule has 5 nitrogen and oxygen atoms in total. The number of hydrogen-bond acceptors (Lipinski definition) is 3. The van der Waals surface area contributed by atoms with Gasteiger partial charge < -0.3 is 19.4 Å². The minimum absolute atomic E-state index is 0.0210. The van der Waals surface area contributed by atoms with Crippen molar-refractivity contribution in [2.75, 3.05) is 20.2 Å². The lowest BCUT2D eigenvalue weighted by Crippen LogP contribution is -2.50. The van der Waals surface area contributed by atoms with Gasteiger partial charge in [0.1, 0.15) is 17.3 Å². The van der Waals surface area contributed by atoms with Crippen molar-refractivity contribution < 1.29 is 13.9 Å². The van der Waals surface area contributed by atoms with Crippen LogP contribution in [0.3, 0.4) is 0 Å². The van der Waals surface area contributed by atoms with E-state index in [0.29, 0.717) is 13.0 Å². The minimum Gasteiger partial charge on any atom is -0.497 e. The predicted molar refractivity (Wildman–Crippen MR) is 87.6 cm³/mol. The highest BCUT2D eigenvalue weighted by Gasteiger charge is 2.33. The Hall–Kier alpha value is -2.43. The predicted octanol–water partition coefficient (Wildman–Crippen LogP) is 3.30. The van der Waals surface area contributed by atoms with E-state index in [1.807, 2.05) is 48.2 Å². The molecule has 1 fully saturated rings. The van der Waals surface area contributed by atoms with E-state index in [1.54, 1.807) is 7.11 Å². The number of rotatable bonds is 5. The third-order valence-electron chi connectivity index (χ3n) is 4.20. The molecule has 1 unspecified atom stereocenters. The van der Waals surface area contributed by atoms with Gasteiger partial charge >= 0.3 is 6.03 Å². The van der Waals surface area contributed by atoms with E-state index < -0.39 is 0 Å². The summed E-state index contributed by atoms with van der Waals surface area (Å²) in [5.41, 5.74) is 1.12. The average Bonchev–Trinajstić information content (AvgIpc) is 2.92. The zero-order chi connectivity index (χ0) is 16.2. The molecule has 5 heteroatoms. The second kappa shape index (κ2) is 6.77. The Kier molecular flexibility index (Phi) is 4.55. The van der Waals surface area contributed by atoms with Crippen LogP contribution in [0.25, 0.3) is 0 Å². The summed E-state index contributed by atoms with van der Waals surface area (Å²) >= 11 is 0. The lowest BCUT2D eigenvalue weighted by Gasteiger charge is -2.41. The highest BCUT2D eigenvalue weighted by atomic mass is 16.5. The van der Waals surface area contributed by atoms with Crippen LogP contribution in [0.15, 0.2) is 40.8 Å². The largest absolute Gasteiger partial charge is 0.497 e. The van der Waals surface area contributed by atoms with Gasteiger partial charge in [-0.15, -0.1) is 0 Å². The van der Waals surface area contributed by atoms with Gasteiger partial charge in [-0.05, 0) is 43.2 Å². The van der Waals surface area contributed by atoms with Crippen LogP contribution in [0.4, 0.5) is 4.79 Å². The molecule has 1 saturated heterocycles. The number of carbonyl (C=O) groups is 1. The summed E-state index contributed by atoms with van der Waals surface area (Å²) in [6.07, 6.45) is 1.69.